The van der Waals surface area contributed by atoms with Gasteiger partial charge in [-0.15, -0.1) is 11.3 Å². The summed E-state index contributed by atoms with van der Waals surface area (Å²) < 4.78 is 1.34. The van der Waals surface area contributed by atoms with Crippen molar-refractivity contribution in [3.63, 3.8) is 0 Å². The van der Waals surface area contributed by atoms with Crippen LogP contribution in [0.4, 0.5) is 0 Å². The first kappa shape index (κ1) is 14.1. The molecule has 3 atom stereocenters. The number of hydrogen-bond donors (Lipinski definition) is 1. The summed E-state index contributed by atoms with van der Waals surface area (Å²) in [6, 6.07) is 3.07. The maximum absolute atomic E-state index is 3.76. The molecule has 2 saturated carbocycles. The zero-order valence-corrected chi connectivity index (χ0v) is 14.1. The van der Waals surface area contributed by atoms with E-state index in [0.717, 1.165) is 23.8 Å². The third kappa shape index (κ3) is 3.43. The normalized spacial score (nSPS) is 31.6. The lowest BCUT2D eigenvalue weighted by Gasteiger charge is -2.36. The van der Waals surface area contributed by atoms with Crippen LogP contribution < -0.4 is 5.32 Å². The third-order valence-corrected chi connectivity index (χ3v) is 6.91. The number of halogens is 1. The Balaban J connectivity index is 1.70. The highest BCUT2D eigenvalue weighted by atomic mass is 79.9. The Morgan fingerprint density at radius 2 is 2.16 bits per heavy atom. The SMILES string of the molecule is CCC1CCC(CNC2CC2)C(c2sccc2Br)C1. The van der Waals surface area contributed by atoms with E-state index in [1.165, 1.54) is 49.5 Å². The highest BCUT2D eigenvalue weighted by Gasteiger charge is 2.33. The van der Waals surface area contributed by atoms with Gasteiger partial charge >= 0.3 is 0 Å². The van der Waals surface area contributed by atoms with Crippen LogP contribution in [0.25, 0.3) is 0 Å². The molecule has 2 aliphatic rings. The molecular formula is C16H24BrNS. The van der Waals surface area contributed by atoms with Gasteiger partial charge in [0.25, 0.3) is 0 Å². The lowest BCUT2D eigenvalue weighted by molar-refractivity contribution is 0.227. The van der Waals surface area contributed by atoms with Crippen molar-refractivity contribution in [2.45, 2.75) is 57.4 Å². The van der Waals surface area contributed by atoms with E-state index in [1.807, 2.05) is 11.3 Å². The molecule has 1 N–H and O–H groups in total. The average molecular weight is 342 g/mol. The predicted octanol–water partition coefficient (Wildman–Crippen LogP) is 5.17. The molecule has 0 spiro atoms. The van der Waals surface area contributed by atoms with Crippen molar-refractivity contribution in [2.24, 2.45) is 11.8 Å². The fourth-order valence-electron chi connectivity index (χ4n) is 3.43. The molecule has 3 rings (SSSR count). The predicted molar refractivity (Wildman–Crippen MR) is 86.9 cm³/mol. The molecule has 106 valence electrons. The van der Waals surface area contributed by atoms with Gasteiger partial charge in [0.2, 0.25) is 0 Å². The maximum Gasteiger partial charge on any atom is 0.0317 e. The molecule has 0 aromatic carbocycles. The van der Waals surface area contributed by atoms with Crippen molar-refractivity contribution in [1.29, 1.82) is 0 Å². The van der Waals surface area contributed by atoms with E-state index in [4.69, 9.17) is 0 Å². The first-order valence-electron chi connectivity index (χ1n) is 7.74. The quantitative estimate of drug-likeness (QED) is 0.778. The molecule has 3 unspecified atom stereocenters. The Morgan fingerprint density at radius 3 is 2.79 bits per heavy atom. The molecule has 0 bridgehead atoms. The number of rotatable bonds is 5. The van der Waals surface area contributed by atoms with Gasteiger partial charge < -0.3 is 5.32 Å². The molecule has 1 heterocycles. The maximum atomic E-state index is 3.76. The highest BCUT2D eigenvalue weighted by molar-refractivity contribution is 9.10. The van der Waals surface area contributed by atoms with E-state index >= 15 is 0 Å². The highest BCUT2D eigenvalue weighted by Crippen LogP contribution is 2.45. The van der Waals surface area contributed by atoms with Crippen molar-refractivity contribution >= 4 is 27.3 Å². The molecule has 3 heteroatoms. The number of nitrogens with one attached hydrogen (secondary N) is 1. The van der Waals surface area contributed by atoms with E-state index in [0.29, 0.717) is 0 Å². The van der Waals surface area contributed by atoms with Crippen LogP contribution in [0, 0.1) is 11.8 Å². The van der Waals surface area contributed by atoms with Crippen LogP contribution in [-0.4, -0.2) is 12.6 Å². The summed E-state index contributed by atoms with van der Waals surface area (Å²) >= 11 is 5.70. The third-order valence-electron chi connectivity index (χ3n) is 4.91. The minimum Gasteiger partial charge on any atom is -0.314 e. The molecule has 2 fully saturated rings. The molecule has 0 radical (unpaired) electrons. The topological polar surface area (TPSA) is 12.0 Å². The van der Waals surface area contributed by atoms with Gasteiger partial charge in [0.15, 0.2) is 0 Å². The summed E-state index contributed by atoms with van der Waals surface area (Å²) in [7, 11) is 0. The second-order valence-electron chi connectivity index (χ2n) is 6.27. The van der Waals surface area contributed by atoms with E-state index in [-0.39, 0.29) is 0 Å². The Bertz CT molecular complexity index is 413. The Morgan fingerprint density at radius 1 is 1.32 bits per heavy atom. The van der Waals surface area contributed by atoms with E-state index in [1.54, 1.807) is 4.88 Å². The Labute approximate surface area is 129 Å². The molecule has 0 saturated heterocycles. The molecule has 0 amide bonds. The minimum atomic E-state index is 0.777. The summed E-state index contributed by atoms with van der Waals surface area (Å²) in [5.74, 6) is 2.56. The van der Waals surface area contributed by atoms with Crippen LogP contribution in [0.2, 0.25) is 0 Å². The van der Waals surface area contributed by atoms with Crippen LogP contribution in [0.5, 0.6) is 0 Å². The van der Waals surface area contributed by atoms with Gasteiger partial charge in [-0.05, 0) is 77.4 Å². The lowest BCUT2D eigenvalue weighted by atomic mass is 9.72. The van der Waals surface area contributed by atoms with Gasteiger partial charge in [0, 0.05) is 15.4 Å². The zero-order valence-electron chi connectivity index (χ0n) is 11.7. The smallest absolute Gasteiger partial charge is 0.0317 e. The molecule has 1 nitrogen and oxygen atoms in total. The molecule has 1 aromatic heterocycles. The lowest BCUT2D eigenvalue weighted by Crippen LogP contribution is -2.32. The number of hydrogen-bond acceptors (Lipinski definition) is 2. The van der Waals surface area contributed by atoms with Gasteiger partial charge in [-0.2, -0.15) is 0 Å². The summed E-state index contributed by atoms with van der Waals surface area (Å²) in [4.78, 5) is 1.60. The first-order valence-corrected chi connectivity index (χ1v) is 9.41. The van der Waals surface area contributed by atoms with E-state index in [9.17, 15) is 0 Å². The fourth-order valence-corrected chi connectivity index (χ4v) is 5.31. The van der Waals surface area contributed by atoms with Crippen LogP contribution in [-0.2, 0) is 0 Å². The Hall–Kier alpha value is 0.140. The summed E-state index contributed by atoms with van der Waals surface area (Å²) in [6.45, 7) is 3.59. The van der Waals surface area contributed by atoms with Crippen LogP contribution in [0.1, 0.15) is 56.2 Å². The average Bonchev–Trinajstić information content (AvgIpc) is 3.17. The molecule has 2 aliphatic carbocycles. The van der Waals surface area contributed by atoms with Gasteiger partial charge in [-0.3, -0.25) is 0 Å². The van der Waals surface area contributed by atoms with Gasteiger partial charge in [0.1, 0.15) is 0 Å². The van der Waals surface area contributed by atoms with Crippen LogP contribution >= 0.6 is 27.3 Å². The second kappa shape index (κ2) is 6.28. The second-order valence-corrected chi connectivity index (χ2v) is 8.07. The van der Waals surface area contributed by atoms with Crippen LogP contribution in [0.15, 0.2) is 15.9 Å². The van der Waals surface area contributed by atoms with Gasteiger partial charge in [-0.25, -0.2) is 0 Å². The summed E-state index contributed by atoms with van der Waals surface area (Å²) in [5, 5.41) is 6.00. The minimum absolute atomic E-state index is 0.777. The van der Waals surface area contributed by atoms with E-state index < -0.39 is 0 Å². The standard InChI is InChI=1S/C16H24BrNS/c1-2-11-3-4-12(10-18-13-5-6-13)14(9-11)16-15(17)7-8-19-16/h7-8,11-14,18H,2-6,9-10H2,1H3. The largest absolute Gasteiger partial charge is 0.314 e. The van der Waals surface area contributed by atoms with Gasteiger partial charge in [0.05, 0.1) is 0 Å². The van der Waals surface area contributed by atoms with Crippen molar-refractivity contribution in [2.75, 3.05) is 6.54 Å². The van der Waals surface area contributed by atoms with Crippen molar-refractivity contribution < 1.29 is 0 Å². The number of thiophene rings is 1. The Kier molecular flexibility index (Phi) is 4.66. The van der Waals surface area contributed by atoms with E-state index in [2.05, 4.69) is 39.6 Å². The fraction of sp³-hybridized carbons (Fsp3) is 0.750. The molecule has 1 aromatic rings. The summed E-state index contributed by atoms with van der Waals surface area (Å²) in [6.07, 6.45) is 8.39. The monoisotopic (exact) mass is 341 g/mol. The molecule has 19 heavy (non-hydrogen) atoms. The van der Waals surface area contributed by atoms with Crippen molar-refractivity contribution in [3.8, 4) is 0 Å². The molecule has 0 aliphatic heterocycles. The molecular weight excluding hydrogens is 318 g/mol. The van der Waals surface area contributed by atoms with Gasteiger partial charge in [-0.1, -0.05) is 19.8 Å². The van der Waals surface area contributed by atoms with Crippen LogP contribution in [0.3, 0.4) is 0 Å². The first-order chi connectivity index (χ1) is 9.28. The van der Waals surface area contributed by atoms with Crippen molar-refractivity contribution in [1.82, 2.24) is 5.32 Å². The summed E-state index contributed by atoms with van der Waals surface area (Å²) in [5.41, 5.74) is 0. The van der Waals surface area contributed by atoms with Crippen molar-refractivity contribution in [3.05, 3.63) is 20.8 Å². The zero-order chi connectivity index (χ0) is 13.2.